The van der Waals surface area contributed by atoms with E-state index in [2.05, 4.69) is 14.7 Å². The van der Waals surface area contributed by atoms with Crippen molar-refractivity contribution in [2.45, 2.75) is 11.4 Å². The molecular formula is C12H14N4O3S. The first-order valence-electron chi connectivity index (χ1n) is 5.71. The predicted octanol–water partition coefficient (Wildman–Crippen LogP) is 0.546. The van der Waals surface area contributed by atoms with Crippen molar-refractivity contribution in [1.82, 2.24) is 14.7 Å². The first-order chi connectivity index (χ1) is 9.53. The predicted molar refractivity (Wildman–Crippen MR) is 73.5 cm³/mol. The maximum atomic E-state index is 12.1. The summed E-state index contributed by atoms with van der Waals surface area (Å²) in [7, 11) is -2.19. The van der Waals surface area contributed by atoms with E-state index < -0.39 is 10.0 Å². The number of nitrogen functional groups attached to an aromatic ring is 1. The number of nitrogens with zero attached hydrogens (tertiary/aromatic N) is 2. The van der Waals surface area contributed by atoms with Crippen LogP contribution in [0.1, 0.15) is 5.56 Å². The molecule has 0 amide bonds. The molecular weight excluding hydrogens is 280 g/mol. The molecule has 0 aliphatic rings. The third kappa shape index (κ3) is 3.22. The van der Waals surface area contributed by atoms with E-state index in [9.17, 15) is 8.42 Å². The van der Waals surface area contributed by atoms with Crippen LogP contribution in [-0.2, 0) is 16.6 Å². The number of methoxy groups -OCH3 is 1. The fraction of sp³-hybridized carbons (Fsp3) is 0.167. The molecule has 0 aliphatic heterocycles. The van der Waals surface area contributed by atoms with Crippen LogP contribution in [0.3, 0.4) is 0 Å². The van der Waals surface area contributed by atoms with Crippen LogP contribution in [0, 0.1) is 0 Å². The number of pyridine rings is 2. The molecule has 0 aromatic carbocycles. The lowest BCUT2D eigenvalue weighted by atomic mass is 10.3. The highest BCUT2D eigenvalue weighted by molar-refractivity contribution is 7.89. The zero-order chi connectivity index (χ0) is 14.6. The molecule has 0 radical (unpaired) electrons. The molecule has 106 valence electrons. The second kappa shape index (κ2) is 5.85. The summed E-state index contributed by atoms with van der Waals surface area (Å²) in [6.45, 7) is 0.105. The summed E-state index contributed by atoms with van der Waals surface area (Å²) in [6.07, 6.45) is 4.18. The van der Waals surface area contributed by atoms with Gasteiger partial charge in [0.05, 0.1) is 12.8 Å². The topological polar surface area (TPSA) is 107 Å². The van der Waals surface area contributed by atoms with Gasteiger partial charge in [0.25, 0.3) is 0 Å². The number of nitrogens with two attached hydrogens (primary N) is 1. The van der Waals surface area contributed by atoms with E-state index in [0.717, 1.165) is 0 Å². The second-order valence-electron chi connectivity index (χ2n) is 3.95. The molecule has 0 unspecified atom stereocenters. The van der Waals surface area contributed by atoms with Crippen molar-refractivity contribution < 1.29 is 13.2 Å². The fourth-order valence-corrected chi connectivity index (χ4v) is 2.60. The Kier molecular flexibility index (Phi) is 4.16. The van der Waals surface area contributed by atoms with Gasteiger partial charge in [-0.2, -0.15) is 0 Å². The van der Waals surface area contributed by atoms with Gasteiger partial charge >= 0.3 is 0 Å². The van der Waals surface area contributed by atoms with E-state index in [1.807, 2.05) is 0 Å². The molecule has 0 fully saturated rings. The third-order valence-electron chi connectivity index (χ3n) is 2.58. The van der Waals surface area contributed by atoms with Crippen molar-refractivity contribution in [3.05, 3.63) is 42.4 Å². The van der Waals surface area contributed by atoms with Gasteiger partial charge in [0.1, 0.15) is 4.90 Å². The van der Waals surface area contributed by atoms with Gasteiger partial charge in [-0.05, 0) is 11.6 Å². The van der Waals surface area contributed by atoms with Crippen LogP contribution in [0.2, 0.25) is 0 Å². The quantitative estimate of drug-likeness (QED) is 0.833. The number of sulfonamides is 1. The Bertz CT molecular complexity index is 686. The van der Waals surface area contributed by atoms with Crippen molar-refractivity contribution in [2.24, 2.45) is 0 Å². The van der Waals surface area contributed by atoms with Crippen molar-refractivity contribution >= 4 is 15.7 Å². The smallest absolute Gasteiger partial charge is 0.244 e. The minimum absolute atomic E-state index is 0.0403. The van der Waals surface area contributed by atoms with Crippen LogP contribution in [0.15, 0.2) is 41.7 Å². The van der Waals surface area contributed by atoms with E-state index in [-0.39, 0.29) is 17.1 Å². The lowest BCUT2D eigenvalue weighted by Gasteiger charge is -2.08. The molecule has 7 nitrogen and oxygen atoms in total. The van der Waals surface area contributed by atoms with E-state index in [0.29, 0.717) is 11.4 Å². The van der Waals surface area contributed by atoms with E-state index in [1.165, 1.54) is 31.8 Å². The van der Waals surface area contributed by atoms with Crippen LogP contribution in [-0.4, -0.2) is 25.5 Å². The zero-order valence-corrected chi connectivity index (χ0v) is 11.6. The molecule has 8 heteroatoms. The molecule has 0 saturated carbocycles. The molecule has 0 saturated heterocycles. The van der Waals surface area contributed by atoms with Gasteiger partial charge in [0.15, 0.2) is 0 Å². The average Bonchev–Trinajstić information content (AvgIpc) is 2.46. The summed E-state index contributed by atoms with van der Waals surface area (Å²) in [5.41, 5.74) is 6.48. The zero-order valence-electron chi connectivity index (χ0n) is 10.8. The van der Waals surface area contributed by atoms with Crippen molar-refractivity contribution in [1.29, 1.82) is 0 Å². The highest BCUT2D eigenvalue weighted by atomic mass is 32.2. The fourth-order valence-electron chi connectivity index (χ4n) is 1.51. The summed E-state index contributed by atoms with van der Waals surface area (Å²) >= 11 is 0. The third-order valence-corrected chi connectivity index (χ3v) is 4.02. The molecule has 0 aliphatic carbocycles. The number of hydrogen-bond donors (Lipinski definition) is 2. The molecule has 2 aromatic rings. The Balaban J connectivity index is 2.11. The van der Waals surface area contributed by atoms with Crippen LogP contribution in [0.5, 0.6) is 5.88 Å². The normalized spacial score (nSPS) is 11.2. The second-order valence-corrected chi connectivity index (χ2v) is 5.68. The van der Waals surface area contributed by atoms with E-state index >= 15 is 0 Å². The average molecular weight is 294 g/mol. The number of ether oxygens (including phenoxy) is 1. The van der Waals surface area contributed by atoms with Crippen molar-refractivity contribution in [3.8, 4) is 5.88 Å². The first-order valence-corrected chi connectivity index (χ1v) is 7.19. The van der Waals surface area contributed by atoms with Crippen LogP contribution in [0.4, 0.5) is 5.69 Å². The first kappa shape index (κ1) is 14.2. The summed E-state index contributed by atoms with van der Waals surface area (Å²) in [4.78, 5) is 7.72. The van der Waals surface area contributed by atoms with Gasteiger partial charge in [0, 0.05) is 31.2 Å². The molecule has 2 aromatic heterocycles. The lowest BCUT2D eigenvalue weighted by molar-refractivity contribution is 0.397. The van der Waals surface area contributed by atoms with E-state index in [4.69, 9.17) is 10.5 Å². The number of hydrogen-bond acceptors (Lipinski definition) is 6. The standard InChI is InChI=1S/C12H14N4O3S/c1-19-12-3-2-9(6-15-12)7-16-20(17,18)11-8-14-5-4-10(11)13/h2-6,8,16H,7H2,1H3,(H2,13,14). The van der Waals surface area contributed by atoms with Gasteiger partial charge in [-0.25, -0.2) is 18.1 Å². The Hall–Kier alpha value is -2.19. The SMILES string of the molecule is COc1ccc(CNS(=O)(=O)c2cnccc2N)cn1. The summed E-state index contributed by atoms with van der Waals surface area (Å²) in [5.74, 6) is 0.466. The molecule has 0 atom stereocenters. The van der Waals surface area contributed by atoms with Crippen molar-refractivity contribution in [3.63, 3.8) is 0 Å². The maximum absolute atomic E-state index is 12.1. The van der Waals surface area contributed by atoms with Gasteiger partial charge in [0.2, 0.25) is 15.9 Å². The van der Waals surface area contributed by atoms with Gasteiger partial charge in [-0.3, -0.25) is 4.98 Å². The summed E-state index contributed by atoms with van der Waals surface area (Å²) < 4.78 is 31.5. The van der Waals surface area contributed by atoms with Gasteiger partial charge in [-0.15, -0.1) is 0 Å². The minimum Gasteiger partial charge on any atom is -0.481 e. The summed E-state index contributed by atoms with van der Waals surface area (Å²) in [6, 6.07) is 4.81. The van der Waals surface area contributed by atoms with Crippen LogP contribution >= 0.6 is 0 Å². The highest BCUT2D eigenvalue weighted by Crippen LogP contribution is 2.16. The molecule has 20 heavy (non-hydrogen) atoms. The highest BCUT2D eigenvalue weighted by Gasteiger charge is 2.17. The largest absolute Gasteiger partial charge is 0.481 e. The van der Waals surface area contributed by atoms with E-state index in [1.54, 1.807) is 12.1 Å². The molecule has 0 spiro atoms. The number of nitrogens with one attached hydrogen (secondary N) is 1. The maximum Gasteiger partial charge on any atom is 0.244 e. The molecule has 0 bridgehead atoms. The number of rotatable bonds is 5. The monoisotopic (exact) mass is 294 g/mol. The molecule has 2 heterocycles. The van der Waals surface area contributed by atoms with Crippen LogP contribution in [0.25, 0.3) is 0 Å². The number of aromatic nitrogens is 2. The van der Waals surface area contributed by atoms with Crippen LogP contribution < -0.4 is 15.2 Å². The van der Waals surface area contributed by atoms with Crippen molar-refractivity contribution in [2.75, 3.05) is 12.8 Å². The van der Waals surface area contributed by atoms with Gasteiger partial charge < -0.3 is 10.5 Å². The Labute approximate surface area is 116 Å². The Morgan fingerprint density at radius 2 is 2.10 bits per heavy atom. The number of anilines is 1. The molecule has 3 N–H and O–H groups in total. The minimum atomic E-state index is -3.70. The summed E-state index contributed by atoms with van der Waals surface area (Å²) in [5, 5.41) is 0. The Morgan fingerprint density at radius 3 is 2.70 bits per heavy atom. The Morgan fingerprint density at radius 1 is 1.30 bits per heavy atom. The molecule has 2 rings (SSSR count). The lowest BCUT2D eigenvalue weighted by Crippen LogP contribution is -2.24. The van der Waals surface area contributed by atoms with Gasteiger partial charge in [-0.1, -0.05) is 6.07 Å².